The van der Waals surface area contributed by atoms with E-state index < -0.39 is 10.0 Å². The van der Waals surface area contributed by atoms with Gasteiger partial charge in [0.05, 0.1) is 5.02 Å². The normalized spacial score (nSPS) is 11.7. The van der Waals surface area contributed by atoms with Gasteiger partial charge < -0.3 is 5.32 Å². The van der Waals surface area contributed by atoms with Crippen LogP contribution in [0.4, 0.5) is 0 Å². The fourth-order valence-corrected chi connectivity index (χ4v) is 3.17. The van der Waals surface area contributed by atoms with Crippen molar-refractivity contribution < 1.29 is 8.42 Å². The van der Waals surface area contributed by atoms with Crippen molar-refractivity contribution in [3.8, 4) is 0 Å². The number of aryl methyl sites for hydroxylation is 1. The Labute approximate surface area is 114 Å². The summed E-state index contributed by atoms with van der Waals surface area (Å²) in [7, 11) is -1.76. The van der Waals surface area contributed by atoms with Crippen molar-refractivity contribution in [2.75, 3.05) is 20.1 Å². The zero-order valence-corrected chi connectivity index (χ0v) is 12.2. The first-order chi connectivity index (χ1) is 8.51. The lowest BCUT2D eigenvalue weighted by molar-refractivity contribution is 0.579. The molecule has 0 radical (unpaired) electrons. The van der Waals surface area contributed by atoms with Crippen LogP contribution >= 0.6 is 11.6 Å². The molecule has 0 heterocycles. The molecule has 18 heavy (non-hydrogen) atoms. The molecule has 0 aromatic heterocycles. The second-order valence-corrected chi connectivity index (χ2v) is 6.16. The van der Waals surface area contributed by atoms with Crippen LogP contribution < -0.4 is 10.0 Å². The summed E-state index contributed by atoms with van der Waals surface area (Å²) in [5.41, 5.74) is 0.982. The molecule has 2 N–H and O–H groups in total. The molecule has 1 aromatic carbocycles. The zero-order chi connectivity index (χ0) is 13.6. The van der Waals surface area contributed by atoms with Gasteiger partial charge >= 0.3 is 0 Å². The number of hydrogen-bond acceptors (Lipinski definition) is 3. The molecule has 0 unspecified atom stereocenters. The minimum Gasteiger partial charge on any atom is -0.318 e. The van der Waals surface area contributed by atoms with Crippen molar-refractivity contribution in [1.29, 1.82) is 0 Å². The molecule has 6 heteroatoms. The fraction of sp³-hybridized carbons (Fsp3) is 0.500. The first kappa shape index (κ1) is 15.4. The Bertz CT molecular complexity index is 489. The van der Waals surface area contributed by atoms with Crippen molar-refractivity contribution >= 4 is 21.6 Å². The standard InChI is InChI=1S/C12H19ClN2O2S/c1-3-4-10-5-6-11(13)12(9-10)18(16,17)15-8-7-14-2/h5-6,9,14-15H,3-4,7-8H2,1-2H3. The molecule has 102 valence electrons. The molecule has 0 aliphatic heterocycles. The molecule has 0 spiro atoms. The monoisotopic (exact) mass is 290 g/mol. The average Bonchev–Trinajstić information content (AvgIpc) is 2.32. The lowest BCUT2D eigenvalue weighted by Crippen LogP contribution is -2.30. The maximum Gasteiger partial charge on any atom is 0.242 e. The third kappa shape index (κ3) is 4.24. The topological polar surface area (TPSA) is 58.2 Å². The number of halogens is 1. The first-order valence-corrected chi connectivity index (χ1v) is 7.80. The highest BCUT2D eigenvalue weighted by atomic mass is 35.5. The molecule has 0 fully saturated rings. The lowest BCUT2D eigenvalue weighted by atomic mass is 10.1. The van der Waals surface area contributed by atoms with Crippen molar-refractivity contribution in [2.45, 2.75) is 24.7 Å². The molecule has 1 rings (SSSR count). The number of hydrogen-bond donors (Lipinski definition) is 2. The van der Waals surface area contributed by atoms with Gasteiger partial charge in [0, 0.05) is 13.1 Å². The SMILES string of the molecule is CCCc1ccc(Cl)c(S(=O)(=O)NCCNC)c1. The summed E-state index contributed by atoms with van der Waals surface area (Å²) in [6, 6.07) is 5.14. The molecule has 0 bridgehead atoms. The van der Waals surface area contributed by atoms with Gasteiger partial charge in [-0.2, -0.15) is 0 Å². The molecule has 1 aromatic rings. The van der Waals surface area contributed by atoms with Gasteiger partial charge in [-0.3, -0.25) is 0 Å². The predicted molar refractivity (Wildman–Crippen MR) is 74.6 cm³/mol. The van der Waals surface area contributed by atoms with Gasteiger partial charge in [0.2, 0.25) is 10.0 Å². The van der Waals surface area contributed by atoms with E-state index in [1.165, 1.54) is 0 Å². The van der Waals surface area contributed by atoms with Crippen molar-refractivity contribution in [1.82, 2.24) is 10.0 Å². The van der Waals surface area contributed by atoms with E-state index in [9.17, 15) is 8.42 Å². The highest BCUT2D eigenvalue weighted by molar-refractivity contribution is 7.89. The van der Waals surface area contributed by atoms with Crippen LogP contribution in [0.15, 0.2) is 23.1 Å². The van der Waals surface area contributed by atoms with Crippen LogP contribution in [0.3, 0.4) is 0 Å². The molecule has 0 atom stereocenters. The minimum absolute atomic E-state index is 0.159. The van der Waals surface area contributed by atoms with E-state index in [0.717, 1.165) is 18.4 Å². The van der Waals surface area contributed by atoms with E-state index in [1.807, 2.05) is 13.0 Å². The largest absolute Gasteiger partial charge is 0.318 e. The van der Waals surface area contributed by atoms with Gasteiger partial charge in [0.1, 0.15) is 4.90 Å². The Balaban J connectivity index is 2.95. The maximum atomic E-state index is 12.1. The van der Waals surface area contributed by atoms with Gasteiger partial charge in [0.15, 0.2) is 0 Å². The lowest BCUT2D eigenvalue weighted by Gasteiger charge is -2.09. The van der Waals surface area contributed by atoms with Crippen LogP contribution in [0, 0.1) is 0 Å². The molecule has 4 nitrogen and oxygen atoms in total. The minimum atomic E-state index is -3.53. The van der Waals surface area contributed by atoms with Crippen LogP contribution in [0.2, 0.25) is 5.02 Å². The van der Waals surface area contributed by atoms with Crippen molar-refractivity contribution in [2.24, 2.45) is 0 Å². The van der Waals surface area contributed by atoms with Crippen LogP contribution in [-0.2, 0) is 16.4 Å². The van der Waals surface area contributed by atoms with Gasteiger partial charge in [-0.05, 0) is 31.2 Å². The number of nitrogens with one attached hydrogen (secondary N) is 2. The second-order valence-electron chi connectivity index (χ2n) is 4.02. The van der Waals surface area contributed by atoms with E-state index in [0.29, 0.717) is 13.1 Å². The molecule has 0 saturated carbocycles. The summed E-state index contributed by atoms with van der Waals surface area (Å²) in [5.74, 6) is 0. The molecule has 0 aliphatic rings. The zero-order valence-electron chi connectivity index (χ0n) is 10.7. The number of sulfonamides is 1. The van der Waals surface area contributed by atoms with Crippen LogP contribution in [0.25, 0.3) is 0 Å². The highest BCUT2D eigenvalue weighted by Gasteiger charge is 2.17. The van der Waals surface area contributed by atoms with Crippen LogP contribution in [0.5, 0.6) is 0 Å². The smallest absolute Gasteiger partial charge is 0.242 e. The van der Waals surface area contributed by atoms with Gasteiger partial charge in [-0.1, -0.05) is 31.0 Å². The third-order valence-electron chi connectivity index (χ3n) is 2.49. The molecular weight excluding hydrogens is 272 g/mol. The van der Waals surface area contributed by atoms with E-state index >= 15 is 0 Å². The number of benzene rings is 1. The summed E-state index contributed by atoms with van der Waals surface area (Å²) in [4.78, 5) is 0.159. The number of rotatable bonds is 7. The second kappa shape index (κ2) is 7.09. The Hall–Kier alpha value is -0.620. The summed E-state index contributed by atoms with van der Waals surface area (Å²) in [6.45, 7) is 2.96. The first-order valence-electron chi connectivity index (χ1n) is 5.94. The summed E-state index contributed by atoms with van der Waals surface area (Å²) in [6.07, 6.45) is 1.81. The molecule has 0 aliphatic carbocycles. The van der Waals surface area contributed by atoms with Crippen LogP contribution in [-0.4, -0.2) is 28.6 Å². The maximum absolute atomic E-state index is 12.1. The average molecular weight is 291 g/mol. The van der Waals surface area contributed by atoms with Gasteiger partial charge in [-0.25, -0.2) is 13.1 Å². The van der Waals surface area contributed by atoms with Gasteiger partial charge in [-0.15, -0.1) is 0 Å². The van der Waals surface area contributed by atoms with E-state index in [2.05, 4.69) is 10.0 Å². The Morgan fingerprint density at radius 2 is 2.00 bits per heavy atom. The van der Waals surface area contributed by atoms with Crippen molar-refractivity contribution in [3.63, 3.8) is 0 Å². The third-order valence-corrected chi connectivity index (χ3v) is 4.43. The van der Waals surface area contributed by atoms with E-state index in [4.69, 9.17) is 11.6 Å². The predicted octanol–water partition coefficient (Wildman–Crippen LogP) is 1.79. The van der Waals surface area contributed by atoms with Crippen LogP contribution in [0.1, 0.15) is 18.9 Å². The highest BCUT2D eigenvalue weighted by Crippen LogP contribution is 2.23. The molecule has 0 saturated heterocycles. The fourth-order valence-electron chi connectivity index (χ4n) is 1.59. The molecule has 0 amide bonds. The quantitative estimate of drug-likeness (QED) is 0.753. The molecular formula is C12H19ClN2O2S. The van der Waals surface area contributed by atoms with Gasteiger partial charge in [0.25, 0.3) is 0 Å². The van der Waals surface area contributed by atoms with Crippen molar-refractivity contribution in [3.05, 3.63) is 28.8 Å². The van der Waals surface area contributed by atoms with E-state index in [-0.39, 0.29) is 9.92 Å². The van der Waals surface area contributed by atoms with E-state index in [1.54, 1.807) is 19.2 Å². The Morgan fingerprint density at radius 3 is 2.61 bits per heavy atom. The Morgan fingerprint density at radius 1 is 1.28 bits per heavy atom. The summed E-state index contributed by atoms with van der Waals surface area (Å²) >= 11 is 5.96. The summed E-state index contributed by atoms with van der Waals surface area (Å²) < 4.78 is 26.6. The Kier molecular flexibility index (Phi) is 6.08. The summed E-state index contributed by atoms with van der Waals surface area (Å²) in [5, 5.41) is 3.13. The number of likely N-dealkylation sites (N-methyl/N-ethyl adjacent to an activating group) is 1.